The number of rotatable bonds is 3. The zero-order chi connectivity index (χ0) is 7.23. The van der Waals surface area contributed by atoms with Crippen LogP contribution in [0.25, 0.3) is 0 Å². The van der Waals surface area contributed by atoms with E-state index in [-0.39, 0.29) is 0 Å². The minimum atomic E-state index is 0.635. The third kappa shape index (κ3) is 2.78. The number of benzene rings is 1. The van der Waals surface area contributed by atoms with Crippen molar-refractivity contribution in [3.8, 4) is 0 Å². The Bertz CT molecular complexity index is 174. The van der Waals surface area contributed by atoms with E-state index in [2.05, 4.69) is 37.3 Å². The van der Waals surface area contributed by atoms with Gasteiger partial charge in [0.2, 0.25) is 0 Å². The first-order valence-electron chi connectivity index (χ1n) is 3.28. The Labute approximate surface area is 71.6 Å². The van der Waals surface area contributed by atoms with Crippen LogP contribution in [0.1, 0.15) is 6.92 Å². The molecule has 0 heterocycles. The van der Waals surface area contributed by atoms with Crippen molar-refractivity contribution in [1.82, 2.24) is 0 Å². The number of hydrogen-bond acceptors (Lipinski definition) is 1. The van der Waals surface area contributed by atoms with E-state index in [4.69, 9.17) is 0 Å². The van der Waals surface area contributed by atoms with Crippen molar-refractivity contribution in [2.24, 2.45) is 0 Å². The van der Waals surface area contributed by atoms with Crippen LogP contribution in [0.5, 0.6) is 0 Å². The summed E-state index contributed by atoms with van der Waals surface area (Å²) in [6, 6.07) is 10.7. The molecule has 0 saturated heterocycles. The van der Waals surface area contributed by atoms with Crippen molar-refractivity contribution in [2.45, 2.75) is 6.92 Å². The topological polar surface area (TPSA) is 0 Å². The average molecular weight is 217 g/mol. The molecule has 0 aliphatic heterocycles. The Morgan fingerprint density at radius 1 is 1.30 bits per heavy atom. The van der Waals surface area contributed by atoms with Crippen LogP contribution in [-0.2, 0) is 0 Å². The first-order valence-corrected chi connectivity index (χ1v) is 7.14. The molecule has 0 nitrogen and oxygen atoms in total. The van der Waals surface area contributed by atoms with Gasteiger partial charge in [0.05, 0.1) is 0 Å². The molecular weight excluding hydrogens is 207 g/mol. The fraction of sp³-hybridized carbons (Fsp3) is 0.250. The molecule has 0 aliphatic rings. The van der Waals surface area contributed by atoms with E-state index in [0.717, 1.165) is 0 Å². The second-order valence-electron chi connectivity index (χ2n) is 1.80. The standard InChI is InChI=1S/C8H10SSe/c1-2-9-10-8-6-4-3-5-7-8/h3-7H,2H2,1H3. The van der Waals surface area contributed by atoms with E-state index >= 15 is 0 Å². The molecule has 0 radical (unpaired) electrons. The summed E-state index contributed by atoms with van der Waals surface area (Å²) in [5.74, 6) is 1.23. The molecule has 0 bridgehead atoms. The van der Waals surface area contributed by atoms with Crippen LogP contribution in [-0.4, -0.2) is 19.6 Å². The maximum absolute atomic E-state index is 2.20. The minimum absolute atomic E-state index is 0.635. The normalized spacial score (nSPS) is 9.70. The third-order valence-corrected chi connectivity index (χ3v) is 5.57. The van der Waals surface area contributed by atoms with Gasteiger partial charge in [-0.05, 0) is 0 Å². The van der Waals surface area contributed by atoms with Gasteiger partial charge in [-0.15, -0.1) is 0 Å². The van der Waals surface area contributed by atoms with Crippen molar-refractivity contribution < 1.29 is 0 Å². The molecule has 1 aromatic rings. The van der Waals surface area contributed by atoms with Gasteiger partial charge >= 0.3 is 71.5 Å². The predicted octanol–water partition coefficient (Wildman–Crippen LogP) is 1.68. The van der Waals surface area contributed by atoms with Crippen molar-refractivity contribution >= 4 is 28.5 Å². The first-order chi connectivity index (χ1) is 4.93. The van der Waals surface area contributed by atoms with Crippen molar-refractivity contribution in [3.63, 3.8) is 0 Å². The molecule has 0 N–H and O–H groups in total. The van der Waals surface area contributed by atoms with Gasteiger partial charge in [0.25, 0.3) is 0 Å². The van der Waals surface area contributed by atoms with Crippen LogP contribution >= 0.6 is 10.2 Å². The van der Waals surface area contributed by atoms with Crippen LogP contribution in [0, 0.1) is 0 Å². The van der Waals surface area contributed by atoms with Gasteiger partial charge in [-0.3, -0.25) is 0 Å². The summed E-state index contributed by atoms with van der Waals surface area (Å²) in [7, 11) is 2.02. The van der Waals surface area contributed by atoms with Gasteiger partial charge in [-0.2, -0.15) is 0 Å². The Morgan fingerprint density at radius 2 is 2.00 bits per heavy atom. The van der Waals surface area contributed by atoms with Crippen LogP contribution in [0.15, 0.2) is 30.3 Å². The first kappa shape index (κ1) is 8.19. The summed E-state index contributed by atoms with van der Waals surface area (Å²) < 4.78 is 1.49. The molecule has 1 aromatic carbocycles. The second-order valence-corrected chi connectivity index (χ2v) is 6.30. The van der Waals surface area contributed by atoms with Gasteiger partial charge in [0.1, 0.15) is 0 Å². The van der Waals surface area contributed by atoms with E-state index in [9.17, 15) is 0 Å². The second kappa shape index (κ2) is 4.84. The Balaban J connectivity index is 2.43. The van der Waals surface area contributed by atoms with Crippen molar-refractivity contribution in [3.05, 3.63) is 30.3 Å². The third-order valence-electron chi connectivity index (χ3n) is 1.02. The van der Waals surface area contributed by atoms with Gasteiger partial charge < -0.3 is 0 Å². The molecule has 54 valence electrons. The average Bonchev–Trinajstić information content (AvgIpc) is 2.03. The maximum atomic E-state index is 2.20. The zero-order valence-electron chi connectivity index (χ0n) is 5.91. The van der Waals surface area contributed by atoms with E-state index in [0.29, 0.717) is 13.8 Å². The SMILES string of the molecule is CCS[Se]c1ccccc1. The van der Waals surface area contributed by atoms with E-state index in [1.54, 1.807) is 0 Å². The Kier molecular flexibility index (Phi) is 3.96. The molecule has 0 fully saturated rings. The summed E-state index contributed by atoms with van der Waals surface area (Å²) in [4.78, 5) is 0. The molecule has 0 spiro atoms. The van der Waals surface area contributed by atoms with Gasteiger partial charge in [-0.25, -0.2) is 0 Å². The van der Waals surface area contributed by atoms with Crippen LogP contribution in [0.3, 0.4) is 0 Å². The van der Waals surface area contributed by atoms with Gasteiger partial charge in [-0.1, -0.05) is 0 Å². The summed E-state index contributed by atoms with van der Waals surface area (Å²) in [5.41, 5.74) is 0. The summed E-state index contributed by atoms with van der Waals surface area (Å²) in [6.07, 6.45) is 0. The number of hydrogen-bond donors (Lipinski definition) is 0. The fourth-order valence-electron chi connectivity index (χ4n) is 0.603. The zero-order valence-corrected chi connectivity index (χ0v) is 8.44. The Morgan fingerprint density at radius 3 is 2.60 bits per heavy atom. The molecule has 10 heavy (non-hydrogen) atoms. The summed E-state index contributed by atoms with van der Waals surface area (Å²) in [6.45, 7) is 2.20. The summed E-state index contributed by atoms with van der Waals surface area (Å²) in [5, 5.41) is 0. The molecule has 0 saturated carbocycles. The van der Waals surface area contributed by atoms with Crippen molar-refractivity contribution in [1.29, 1.82) is 0 Å². The molecule has 0 unspecified atom stereocenters. The van der Waals surface area contributed by atoms with E-state index in [1.165, 1.54) is 10.2 Å². The molecular formula is C8H10SSe. The molecule has 0 aliphatic carbocycles. The van der Waals surface area contributed by atoms with Crippen LogP contribution in [0.4, 0.5) is 0 Å². The van der Waals surface area contributed by atoms with E-state index < -0.39 is 0 Å². The van der Waals surface area contributed by atoms with E-state index in [1.807, 2.05) is 10.2 Å². The van der Waals surface area contributed by atoms with Gasteiger partial charge in [0.15, 0.2) is 0 Å². The molecule has 0 amide bonds. The summed E-state index contributed by atoms with van der Waals surface area (Å²) >= 11 is 0.635. The fourth-order valence-corrected chi connectivity index (χ4v) is 3.60. The molecule has 0 atom stereocenters. The van der Waals surface area contributed by atoms with Crippen LogP contribution < -0.4 is 4.46 Å². The van der Waals surface area contributed by atoms with Crippen LogP contribution in [0.2, 0.25) is 0 Å². The predicted molar refractivity (Wildman–Crippen MR) is 50.0 cm³/mol. The monoisotopic (exact) mass is 218 g/mol. The molecule has 1 rings (SSSR count). The van der Waals surface area contributed by atoms with Gasteiger partial charge in [0, 0.05) is 0 Å². The quantitative estimate of drug-likeness (QED) is 0.694. The molecule has 2 heteroatoms. The van der Waals surface area contributed by atoms with Crippen molar-refractivity contribution in [2.75, 3.05) is 5.75 Å². The molecule has 0 aromatic heterocycles. The Hall–Kier alpha value is 0.0895.